The molecular formula is C21H14Cl3NO2. The Balaban J connectivity index is 1.94. The molecule has 0 aliphatic rings. The quantitative estimate of drug-likeness (QED) is 0.262. The van der Waals surface area contributed by atoms with Crippen LogP contribution in [-0.4, -0.2) is 12.2 Å². The smallest absolute Gasteiger partial charge is 0.343 e. The molecule has 0 spiro atoms. The number of carbonyl (C=O) groups is 1. The molecule has 27 heavy (non-hydrogen) atoms. The molecule has 0 amide bonds. The number of esters is 1. The second-order valence-electron chi connectivity index (χ2n) is 5.75. The largest absolute Gasteiger partial charge is 0.421 e. The molecule has 0 unspecified atom stereocenters. The first kappa shape index (κ1) is 19.4. The Kier molecular flexibility index (Phi) is 6.17. The third-order valence-electron chi connectivity index (χ3n) is 3.75. The Labute approximate surface area is 172 Å². The van der Waals surface area contributed by atoms with Gasteiger partial charge < -0.3 is 4.74 Å². The Morgan fingerprint density at radius 1 is 0.963 bits per heavy atom. The lowest BCUT2D eigenvalue weighted by Crippen LogP contribution is -2.10. The molecule has 0 saturated carbocycles. The number of hydrogen-bond donors (Lipinski definition) is 0. The summed E-state index contributed by atoms with van der Waals surface area (Å²) in [6.45, 7) is 1.91. The monoisotopic (exact) mass is 417 g/mol. The summed E-state index contributed by atoms with van der Waals surface area (Å²) in [7, 11) is 0. The highest BCUT2D eigenvalue weighted by atomic mass is 35.5. The zero-order valence-electron chi connectivity index (χ0n) is 14.2. The van der Waals surface area contributed by atoms with Crippen molar-refractivity contribution in [3.8, 4) is 5.75 Å². The van der Waals surface area contributed by atoms with Gasteiger partial charge in [-0.3, -0.25) is 4.99 Å². The van der Waals surface area contributed by atoms with Gasteiger partial charge in [-0.15, -0.1) is 0 Å². The first-order valence-electron chi connectivity index (χ1n) is 8.00. The topological polar surface area (TPSA) is 38.7 Å². The van der Waals surface area contributed by atoms with E-state index in [-0.39, 0.29) is 10.8 Å². The number of hydrogen-bond acceptors (Lipinski definition) is 3. The van der Waals surface area contributed by atoms with E-state index in [1.165, 1.54) is 12.3 Å². The van der Waals surface area contributed by atoms with E-state index in [0.29, 0.717) is 26.9 Å². The first-order chi connectivity index (χ1) is 12.9. The van der Waals surface area contributed by atoms with Gasteiger partial charge in [0.1, 0.15) is 0 Å². The van der Waals surface area contributed by atoms with Crippen molar-refractivity contribution in [2.75, 3.05) is 0 Å². The lowest BCUT2D eigenvalue weighted by molar-refractivity contribution is 0.0734. The van der Waals surface area contributed by atoms with E-state index in [1.54, 1.807) is 36.4 Å². The zero-order chi connectivity index (χ0) is 19.4. The van der Waals surface area contributed by atoms with Gasteiger partial charge in [-0.1, -0.05) is 59.1 Å². The lowest BCUT2D eigenvalue weighted by Gasteiger charge is -2.10. The van der Waals surface area contributed by atoms with Gasteiger partial charge >= 0.3 is 5.97 Å². The van der Waals surface area contributed by atoms with Crippen LogP contribution in [0.5, 0.6) is 5.75 Å². The first-order valence-corrected chi connectivity index (χ1v) is 9.14. The van der Waals surface area contributed by atoms with E-state index in [1.807, 2.05) is 25.1 Å². The van der Waals surface area contributed by atoms with Crippen LogP contribution in [0.1, 0.15) is 21.5 Å². The fraction of sp³-hybridized carbons (Fsp3) is 0.0476. The predicted molar refractivity (Wildman–Crippen MR) is 111 cm³/mol. The predicted octanol–water partition coefficient (Wildman–Crippen LogP) is 6.93. The van der Waals surface area contributed by atoms with Crippen LogP contribution in [0.3, 0.4) is 0 Å². The molecule has 0 aliphatic carbocycles. The minimum Gasteiger partial charge on any atom is -0.421 e. The normalized spacial score (nSPS) is 11.0. The summed E-state index contributed by atoms with van der Waals surface area (Å²) in [6.07, 6.45) is 1.53. The minimum absolute atomic E-state index is 0.192. The molecule has 3 aromatic rings. The zero-order valence-corrected chi connectivity index (χ0v) is 16.5. The highest BCUT2D eigenvalue weighted by Crippen LogP contribution is 2.33. The molecule has 6 heteroatoms. The van der Waals surface area contributed by atoms with E-state index >= 15 is 0 Å². The molecule has 3 aromatic carbocycles. The molecule has 136 valence electrons. The number of nitrogens with zero attached hydrogens (tertiary/aromatic N) is 1. The Morgan fingerprint density at radius 2 is 1.70 bits per heavy atom. The summed E-state index contributed by atoms with van der Waals surface area (Å²) in [6, 6.07) is 17.2. The van der Waals surface area contributed by atoms with Crippen LogP contribution in [0, 0.1) is 6.92 Å². The number of rotatable bonds is 4. The van der Waals surface area contributed by atoms with Crippen LogP contribution in [0.25, 0.3) is 0 Å². The van der Waals surface area contributed by atoms with E-state index < -0.39 is 5.97 Å². The number of ether oxygens (including phenoxy) is 1. The highest BCUT2D eigenvalue weighted by molar-refractivity contribution is 6.36. The molecule has 0 heterocycles. The van der Waals surface area contributed by atoms with Crippen molar-refractivity contribution in [1.82, 2.24) is 0 Å². The third kappa shape index (κ3) is 4.89. The summed E-state index contributed by atoms with van der Waals surface area (Å²) < 4.78 is 5.50. The van der Waals surface area contributed by atoms with Gasteiger partial charge in [-0.2, -0.15) is 0 Å². The van der Waals surface area contributed by atoms with Crippen molar-refractivity contribution in [2.45, 2.75) is 6.92 Å². The van der Waals surface area contributed by atoms with Crippen molar-refractivity contribution < 1.29 is 9.53 Å². The second kappa shape index (κ2) is 8.57. The average Bonchev–Trinajstić information content (AvgIpc) is 2.65. The summed E-state index contributed by atoms with van der Waals surface area (Å²) in [5, 5.41) is 1.24. The molecule has 0 aromatic heterocycles. The Hall–Kier alpha value is -2.33. The van der Waals surface area contributed by atoms with E-state index in [9.17, 15) is 4.79 Å². The fourth-order valence-corrected chi connectivity index (χ4v) is 3.04. The van der Waals surface area contributed by atoms with Gasteiger partial charge in [0.05, 0.1) is 16.3 Å². The average molecular weight is 419 g/mol. The van der Waals surface area contributed by atoms with Crippen molar-refractivity contribution in [3.05, 3.63) is 92.4 Å². The molecule has 0 saturated heterocycles. The lowest BCUT2D eigenvalue weighted by atomic mass is 10.2. The van der Waals surface area contributed by atoms with Gasteiger partial charge in [0.2, 0.25) is 0 Å². The molecule has 3 nitrogen and oxygen atoms in total. The van der Waals surface area contributed by atoms with Crippen molar-refractivity contribution in [3.63, 3.8) is 0 Å². The number of aryl methyl sites for hydroxylation is 1. The maximum absolute atomic E-state index is 12.4. The number of aliphatic imine (C=N–C) groups is 1. The summed E-state index contributed by atoms with van der Waals surface area (Å²) in [4.78, 5) is 16.8. The van der Waals surface area contributed by atoms with E-state index in [2.05, 4.69) is 4.99 Å². The molecule has 0 atom stereocenters. The Morgan fingerprint density at radius 3 is 2.41 bits per heavy atom. The van der Waals surface area contributed by atoms with E-state index in [0.717, 1.165) is 5.56 Å². The van der Waals surface area contributed by atoms with Crippen LogP contribution in [-0.2, 0) is 0 Å². The molecule has 0 aliphatic heterocycles. The summed E-state index contributed by atoms with van der Waals surface area (Å²) in [5.41, 5.74) is 2.51. The highest BCUT2D eigenvalue weighted by Gasteiger charge is 2.15. The molecular weight excluding hydrogens is 405 g/mol. The van der Waals surface area contributed by atoms with Gasteiger partial charge in [0.25, 0.3) is 0 Å². The third-order valence-corrected chi connectivity index (χ3v) is 4.66. The van der Waals surface area contributed by atoms with Crippen LogP contribution < -0.4 is 4.74 Å². The van der Waals surface area contributed by atoms with Crippen molar-refractivity contribution >= 4 is 52.7 Å². The van der Waals surface area contributed by atoms with Crippen LogP contribution in [0.15, 0.2) is 65.7 Å². The second-order valence-corrected chi connectivity index (χ2v) is 7.00. The number of carbonyl (C=O) groups excluding carboxylic acids is 1. The Bertz CT molecular complexity index is 1020. The minimum atomic E-state index is -0.521. The van der Waals surface area contributed by atoms with Crippen molar-refractivity contribution in [2.24, 2.45) is 4.99 Å². The van der Waals surface area contributed by atoms with Crippen LogP contribution in [0.2, 0.25) is 15.1 Å². The molecule has 3 rings (SSSR count). The summed E-state index contributed by atoms with van der Waals surface area (Å²) in [5.74, 6) is -0.329. The number of benzene rings is 3. The molecule has 0 bridgehead atoms. The molecule has 0 N–H and O–H groups in total. The maximum Gasteiger partial charge on any atom is 0.343 e. The van der Waals surface area contributed by atoms with Gasteiger partial charge in [0.15, 0.2) is 5.75 Å². The van der Waals surface area contributed by atoms with Gasteiger partial charge in [-0.25, -0.2) is 4.79 Å². The van der Waals surface area contributed by atoms with Crippen LogP contribution in [0.4, 0.5) is 5.69 Å². The SMILES string of the molecule is Cc1ccc(N=Cc2cc(Cl)cc(Cl)c2OC(=O)c2ccccc2)cc1Cl. The number of halogens is 3. The molecule has 0 fully saturated rings. The van der Waals surface area contributed by atoms with Gasteiger partial charge in [-0.05, 0) is 48.9 Å². The fourth-order valence-electron chi connectivity index (χ4n) is 2.32. The van der Waals surface area contributed by atoms with Gasteiger partial charge in [0, 0.05) is 21.8 Å². The molecule has 0 radical (unpaired) electrons. The van der Waals surface area contributed by atoms with E-state index in [4.69, 9.17) is 39.5 Å². The summed E-state index contributed by atoms with van der Waals surface area (Å²) >= 11 is 18.5. The standard InChI is InChI=1S/C21H14Cl3NO2/c1-13-7-8-17(11-18(13)23)25-12-15-9-16(22)10-19(24)20(15)27-21(26)14-5-3-2-4-6-14/h2-12H,1H3. The van der Waals surface area contributed by atoms with Crippen LogP contribution >= 0.6 is 34.8 Å². The van der Waals surface area contributed by atoms with Crippen molar-refractivity contribution in [1.29, 1.82) is 0 Å². The maximum atomic E-state index is 12.4.